The number of nitrogens with zero attached hydrogens (tertiary/aromatic N) is 1. The smallest absolute Gasteiger partial charge is 0.266 e. The highest BCUT2D eigenvalue weighted by molar-refractivity contribution is 6.32. The van der Waals surface area contributed by atoms with Crippen molar-refractivity contribution < 1.29 is 9.53 Å². The zero-order valence-electron chi connectivity index (χ0n) is 14.5. The Morgan fingerprint density at radius 1 is 1.26 bits per heavy atom. The minimum Gasteiger partial charge on any atom is -0.478 e. The summed E-state index contributed by atoms with van der Waals surface area (Å²) in [5, 5.41) is 0.739. The third-order valence-corrected chi connectivity index (χ3v) is 4.95. The van der Waals surface area contributed by atoms with Gasteiger partial charge in [-0.1, -0.05) is 11.6 Å². The number of rotatable bonds is 3. The van der Waals surface area contributed by atoms with Gasteiger partial charge in [-0.05, 0) is 70.2 Å². The Bertz CT molecular complexity index is 563. The summed E-state index contributed by atoms with van der Waals surface area (Å²) in [4.78, 5) is 14.7. The highest BCUT2D eigenvalue weighted by Gasteiger charge is 2.35. The number of hydrogen-bond acceptors (Lipinski definition) is 3. The molecule has 1 aromatic carbocycles. The summed E-state index contributed by atoms with van der Waals surface area (Å²) < 4.78 is 6.02. The Kier molecular flexibility index (Phi) is 5.58. The lowest BCUT2D eigenvalue weighted by Crippen LogP contribution is -2.49. The first-order valence-corrected chi connectivity index (χ1v) is 8.59. The van der Waals surface area contributed by atoms with E-state index in [2.05, 4.69) is 0 Å². The average molecular weight is 339 g/mol. The highest BCUT2D eigenvalue weighted by atomic mass is 35.5. The van der Waals surface area contributed by atoms with Gasteiger partial charge in [0.05, 0.1) is 0 Å². The van der Waals surface area contributed by atoms with Crippen LogP contribution in [0.25, 0.3) is 0 Å². The van der Waals surface area contributed by atoms with Gasteiger partial charge in [0.1, 0.15) is 5.75 Å². The molecule has 128 valence electrons. The molecule has 2 N–H and O–H groups in total. The molecule has 1 saturated heterocycles. The fourth-order valence-electron chi connectivity index (χ4n) is 3.01. The Balaban J connectivity index is 2.12. The zero-order chi connectivity index (χ0) is 17.2. The van der Waals surface area contributed by atoms with Crippen molar-refractivity contribution in [3.05, 3.63) is 28.3 Å². The molecule has 1 atom stereocenters. The molecule has 1 fully saturated rings. The van der Waals surface area contributed by atoms with Crippen LogP contribution in [-0.2, 0) is 4.79 Å². The van der Waals surface area contributed by atoms with Crippen molar-refractivity contribution in [2.45, 2.75) is 58.6 Å². The van der Waals surface area contributed by atoms with Crippen molar-refractivity contribution in [3.8, 4) is 5.75 Å². The van der Waals surface area contributed by atoms with Gasteiger partial charge in [0.15, 0.2) is 5.60 Å². The summed E-state index contributed by atoms with van der Waals surface area (Å²) in [6.07, 6.45) is 2.77. The molecule has 1 heterocycles. The Morgan fingerprint density at radius 3 is 2.48 bits per heavy atom. The molecule has 1 aliphatic rings. The van der Waals surface area contributed by atoms with Gasteiger partial charge in [-0.15, -0.1) is 0 Å². The first-order chi connectivity index (χ1) is 10.7. The number of carbonyl (C=O) groups excluding carboxylic acids is 1. The van der Waals surface area contributed by atoms with E-state index in [1.807, 2.05) is 44.7 Å². The topological polar surface area (TPSA) is 55.6 Å². The van der Waals surface area contributed by atoms with E-state index in [0.717, 1.165) is 42.0 Å². The van der Waals surface area contributed by atoms with Crippen LogP contribution in [0.2, 0.25) is 5.02 Å². The summed E-state index contributed by atoms with van der Waals surface area (Å²) in [6, 6.07) is 3.95. The van der Waals surface area contributed by atoms with Crippen LogP contribution < -0.4 is 10.5 Å². The predicted molar refractivity (Wildman–Crippen MR) is 94.0 cm³/mol. The van der Waals surface area contributed by atoms with Crippen LogP contribution in [0.5, 0.6) is 5.75 Å². The van der Waals surface area contributed by atoms with E-state index in [-0.39, 0.29) is 11.9 Å². The van der Waals surface area contributed by atoms with E-state index in [4.69, 9.17) is 22.1 Å². The zero-order valence-corrected chi connectivity index (χ0v) is 15.2. The molecule has 0 radical (unpaired) electrons. The quantitative estimate of drug-likeness (QED) is 0.918. The van der Waals surface area contributed by atoms with Gasteiger partial charge in [-0.25, -0.2) is 0 Å². The Labute approximate surface area is 143 Å². The number of aryl methyl sites for hydroxylation is 2. The fourth-order valence-corrected chi connectivity index (χ4v) is 3.12. The number of nitrogens with two attached hydrogens (primary N) is 1. The predicted octanol–water partition coefficient (Wildman–Crippen LogP) is 3.45. The second-order valence-corrected chi connectivity index (χ2v) is 7.34. The minimum absolute atomic E-state index is 0.0110. The van der Waals surface area contributed by atoms with E-state index >= 15 is 0 Å². The van der Waals surface area contributed by atoms with Crippen LogP contribution in [0.4, 0.5) is 0 Å². The van der Waals surface area contributed by atoms with Crippen LogP contribution in [0, 0.1) is 13.8 Å². The van der Waals surface area contributed by atoms with Crippen LogP contribution in [0.1, 0.15) is 44.2 Å². The molecule has 2 rings (SSSR count). The van der Waals surface area contributed by atoms with Gasteiger partial charge in [0, 0.05) is 24.2 Å². The molecule has 5 heteroatoms. The molecular formula is C18H27ClN2O2. The lowest BCUT2D eigenvalue weighted by Gasteiger charge is -2.32. The molecule has 0 spiro atoms. The lowest BCUT2D eigenvalue weighted by molar-refractivity contribution is -0.145. The van der Waals surface area contributed by atoms with Gasteiger partial charge < -0.3 is 15.4 Å². The van der Waals surface area contributed by atoms with E-state index in [1.54, 1.807) is 0 Å². The molecule has 0 saturated carbocycles. The highest BCUT2D eigenvalue weighted by Crippen LogP contribution is 2.29. The largest absolute Gasteiger partial charge is 0.478 e. The maximum Gasteiger partial charge on any atom is 0.266 e. The SMILES string of the molecule is Cc1cc(OC(C)(C)C(=O)N2CCC[C@H](N)CC2)cc(C)c1Cl. The number of likely N-dealkylation sites (tertiary alicyclic amines) is 1. The van der Waals surface area contributed by atoms with Crippen LogP contribution in [0.3, 0.4) is 0 Å². The van der Waals surface area contributed by atoms with Gasteiger partial charge in [0.25, 0.3) is 5.91 Å². The summed E-state index contributed by atoms with van der Waals surface area (Å²) in [6.45, 7) is 8.96. The summed E-state index contributed by atoms with van der Waals surface area (Å²) in [5.41, 5.74) is 6.98. The van der Waals surface area contributed by atoms with Crippen LogP contribution >= 0.6 is 11.6 Å². The van der Waals surface area contributed by atoms with E-state index < -0.39 is 5.60 Å². The monoisotopic (exact) mass is 338 g/mol. The third kappa shape index (κ3) is 4.39. The summed E-state index contributed by atoms with van der Waals surface area (Å²) >= 11 is 6.19. The van der Waals surface area contributed by atoms with E-state index in [0.29, 0.717) is 12.3 Å². The molecule has 0 aromatic heterocycles. The van der Waals surface area contributed by atoms with E-state index in [9.17, 15) is 4.79 Å². The number of benzene rings is 1. The van der Waals surface area contributed by atoms with Crippen molar-refractivity contribution in [3.63, 3.8) is 0 Å². The van der Waals surface area contributed by atoms with Crippen molar-refractivity contribution in [1.82, 2.24) is 4.90 Å². The van der Waals surface area contributed by atoms with Gasteiger partial charge in [0.2, 0.25) is 0 Å². The maximum atomic E-state index is 12.9. The van der Waals surface area contributed by atoms with Gasteiger partial charge in [-0.2, -0.15) is 0 Å². The maximum absolute atomic E-state index is 12.9. The standard InChI is InChI=1S/C18H27ClN2O2/c1-12-10-15(11-13(2)16(12)19)23-18(3,4)17(22)21-8-5-6-14(20)7-9-21/h10-11,14H,5-9,20H2,1-4H3/t14-/m0/s1. The van der Waals surface area contributed by atoms with Crippen molar-refractivity contribution in [1.29, 1.82) is 0 Å². The van der Waals surface area contributed by atoms with Crippen molar-refractivity contribution >= 4 is 17.5 Å². The van der Waals surface area contributed by atoms with Crippen LogP contribution in [-0.4, -0.2) is 35.5 Å². The Hall–Kier alpha value is -1.26. The summed E-state index contributed by atoms with van der Waals surface area (Å²) in [5.74, 6) is 0.686. The molecule has 23 heavy (non-hydrogen) atoms. The second-order valence-electron chi connectivity index (χ2n) is 6.97. The van der Waals surface area contributed by atoms with Crippen molar-refractivity contribution in [2.75, 3.05) is 13.1 Å². The third-order valence-electron chi connectivity index (χ3n) is 4.36. The Morgan fingerprint density at radius 2 is 1.87 bits per heavy atom. The number of ether oxygens (including phenoxy) is 1. The van der Waals surface area contributed by atoms with Gasteiger partial charge in [-0.3, -0.25) is 4.79 Å². The number of carbonyl (C=O) groups is 1. The number of amides is 1. The molecule has 0 bridgehead atoms. The minimum atomic E-state index is -0.916. The molecule has 1 aliphatic heterocycles. The first-order valence-electron chi connectivity index (χ1n) is 8.21. The van der Waals surface area contributed by atoms with E-state index in [1.165, 1.54) is 0 Å². The second kappa shape index (κ2) is 7.10. The van der Waals surface area contributed by atoms with Gasteiger partial charge >= 0.3 is 0 Å². The van der Waals surface area contributed by atoms with Crippen molar-refractivity contribution in [2.24, 2.45) is 5.73 Å². The molecular weight excluding hydrogens is 312 g/mol. The number of hydrogen-bond donors (Lipinski definition) is 1. The fraction of sp³-hybridized carbons (Fsp3) is 0.611. The summed E-state index contributed by atoms with van der Waals surface area (Å²) in [7, 11) is 0. The molecule has 1 amide bonds. The molecule has 0 unspecified atom stereocenters. The normalized spacial score (nSPS) is 19.4. The average Bonchev–Trinajstić information content (AvgIpc) is 2.68. The molecule has 0 aliphatic carbocycles. The molecule has 4 nitrogen and oxygen atoms in total. The molecule has 1 aromatic rings. The van der Waals surface area contributed by atoms with Crippen LogP contribution in [0.15, 0.2) is 12.1 Å². The number of halogens is 1. The lowest BCUT2D eigenvalue weighted by atomic mass is 10.1. The first kappa shape index (κ1) is 18.1.